The molecule has 0 saturated heterocycles. The molecule has 0 aromatic heterocycles. The molecule has 3 rings (SSSR count). The number of hydrogen-bond acceptors (Lipinski definition) is 5. The van der Waals surface area contributed by atoms with Crippen LogP contribution in [-0.4, -0.2) is 36.7 Å². The summed E-state index contributed by atoms with van der Waals surface area (Å²) < 4.78 is 5.09. The van der Waals surface area contributed by atoms with Gasteiger partial charge in [0.2, 0.25) is 0 Å². The van der Waals surface area contributed by atoms with Crippen LogP contribution in [-0.2, 0) is 9.53 Å². The molecule has 0 bridgehead atoms. The topological polar surface area (TPSA) is 102 Å². The molecule has 2 N–H and O–H groups in total. The Kier molecular flexibility index (Phi) is 8.29. The van der Waals surface area contributed by atoms with Gasteiger partial charge in [-0.15, -0.1) is 0 Å². The smallest absolute Gasteiger partial charge is 0.338 e. The number of carbonyl (C=O) groups excluding carboxylic acids is 4. The van der Waals surface area contributed by atoms with E-state index in [-0.39, 0.29) is 23.2 Å². The zero-order valence-corrected chi connectivity index (χ0v) is 19.0. The summed E-state index contributed by atoms with van der Waals surface area (Å²) >= 11 is 0. The maximum absolute atomic E-state index is 12.5. The van der Waals surface area contributed by atoms with Crippen LogP contribution in [0.15, 0.2) is 78.9 Å². The Morgan fingerprint density at radius 1 is 0.765 bits per heavy atom. The Morgan fingerprint density at radius 3 is 2.03 bits per heavy atom. The van der Waals surface area contributed by atoms with Crippen LogP contribution in [0.2, 0.25) is 0 Å². The highest BCUT2D eigenvalue weighted by Crippen LogP contribution is 2.16. The van der Waals surface area contributed by atoms with Crippen molar-refractivity contribution in [2.45, 2.75) is 13.8 Å². The summed E-state index contributed by atoms with van der Waals surface area (Å²) in [5.41, 5.74) is 1.85. The van der Waals surface area contributed by atoms with Gasteiger partial charge in [-0.1, -0.05) is 68.4 Å². The molecular weight excluding hydrogens is 432 g/mol. The third kappa shape index (κ3) is 6.62. The van der Waals surface area contributed by atoms with E-state index in [2.05, 4.69) is 10.6 Å². The number of esters is 1. The lowest BCUT2D eigenvalue weighted by Crippen LogP contribution is -2.29. The Labute approximate surface area is 198 Å². The van der Waals surface area contributed by atoms with Crippen molar-refractivity contribution in [3.8, 4) is 0 Å². The number of nitrogens with one attached hydrogen (secondary N) is 2. The molecule has 0 spiro atoms. The number of para-hydroxylation sites is 1. The quantitative estimate of drug-likeness (QED) is 0.371. The summed E-state index contributed by atoms with van der Waals surface area (Å²) in [4.78, 5) is 49.5. The molecule has 34 heavy (non-hydrogen) atoms. The second-order valence-corrected chi connectivity index (χ2v) is 8.05. The lowest BCUT2D eigenvalue weighted by Gasteiger charge is -2.12. The average molecular weight is 459 g/mol. The largest absolute Gasteiger partial charge is 0.452 e. The zero-order valence-electron chi connectivity index (χ0n) is 19.0. The molecule has 0 aliphatic heterocycles. The lowest BCUT2D eigenvalue weighted by molar-refractivity contribution is -0.119. The van der Waals surface area contributed by atoms with Gasteiger partial charge in [0.05, 0.1) is 16.8 Å². The molecule has 0 heterocycles. The van der Waals surface area contributed by atoms with Crippen molar-refractivity contribution in [3.05, 3.63) is 101 Å². The molecule has 174 valence electrons. The molecule has 3 aromatic carbocycles. The van der Waals surface area contributed by atoms with Gasteiger partial charge in [-0.25, -0.2) is 4.79 Å². The summed E-state index contributed by atoms with van der Waals surface area (Å²) in [5, 5.41) is 5.41. The van der Waals surface area contributed by atoms with E-state index in [1.807, 2.05) is 19.9 Å². The van der Waals surface area contributed by atoms with Gasteiger partial charge in [0.25, 0.3) is 11.8 Å². The van der Waals surface area contributed by atoms with Gasteiger partial charge < -0.3 is 15.4 Å². The van der Waals surface area contributed by atoms with Crippen molar-refractivity contribution in [3.63, 3.8) is 0 Å². The molecule has 0 aliphatic rings. The second-order valence-electron chi connectivity index (χ2n) is 8.05. The maximum Gasteiger partial charge on any atom is 0.338 e. The van der Waals surface area contributed by atoms with Crippen molar-refractivity contribution < 1.29 is 23.9 Å². The van der Waals surface area contributed by atoms with Crippen LogP contribution >= 0.6 is 0 Å². The second kappa shape index (κ2) is 11.6. The van der Waals surface area contributed by atoms with Crippen molar-refractivity contribution in [1.82, 2.24) is 5.32 Å². The van der Waals surface area contributed by atoms with E-state index in [0.29, 0.717) is 28.9 Å². The molecule has 0 atom stereocenters. The fourth-order valence-electron chi connectivity index (χ4n) is 3.10. The molecule has 7 heteroatoms. The number of amides is 2. The predicted octanol–water partition coefficient (Wildman–Crippen LogP) is 4.10. The van der Waals surface area contributed by atoms with E-state index in [1.54, 1.807) is 48.5 Å². The Morgan fingerprint density at radius 2 is 1.35 bits per heavy atom. The van der Waals surface area contributed by atoms with Crippen molar-refractivity contribution in [2.75, 3.05) is 18.5 Å². The minimum Gasteiger partial charge on any atom is -0.452 e. The van der Waals surface area contributed by atoms with Crippen LogP contribution in [0.3, 0.4) is 0 Å². The molecular formula is C27H26N2O5. The maximum atomic E-state index is 12.5. The van der Waals surface area contributed by atoms with Crippen LogP contribution in [0.1, 0.15) is 50.5 Å². The third-order valence-electron chi connectivity index (χ3n) is 4.87. The Hall–Kier alpha value is -4.26. The van der Waals surface area contributed by atoms with Crippen LogP contribution < -0.4 is 10.6 Å². The fourth-order valence-corrected chi connectivity index (χ4v) is 3.10. The summed E-state index contributed by atoms with van der Waals surface area (Å²) in [6.07, 6.45) is 0. The summed E-state index contributed by atoms with van der Waals surface area (Å²) in [6.45, 7) is 3.95. The zero-order chi connectivity index (χ0) is 24.5. The van der Waals surface area contributed by atoms with Gasteiger partial charge in [-0.3, -0.25) is 14.4 Å². The predicted molar refractivity (Wildman–Crippen MR) is 129 cm³/mol. The number of rotatable bonds is 9. The number of ketones is 1. The SMILES string of the molecule is CC(C)CNC(=O)c1ccccc1NC(=O)COC(=O)c1ccc(C(=O)c2ccccc2)cc1. The molecule has 0 radical (unpaired) electrons. The van der Waals surface area contributed by atoms with Gasteiger partial charge in [0.15, 0.2) is 12.4 Å². The van der Waals surface area contributed by atoms with Crippen LogP contribution in [0, 0.1) is 5.92 Å². The van der Waals surface area contributed by atoms with Crippen molar-refractivity contribution in [2.24, 2.45) is 5.92 Å². The van der Waals surface area contributed by atoms with Gasteiger partial charge in [-0.2, -0.15) is 0 Å². The number of carbonyl (C=O) groups is 4. The highest BCUT2D eigenvalue weighted by atomic mass is 16.5. The standard InChI is InChI=1S/C27H26N2O5/c1-18(2)16-28-26(32)22-10-6-7-11-23(22)29-24(30)17-34-27(33)21-14-12-20(13-15-21)25(31)19-8-4-3-5-9-19/h3-15,18H,16-17H2,1-2H3,(H,28,32)(H,29,30). The number of hydrogen-bond donors (Lipinski definition) is 2. The van der Waals surface area contributed by atoms with Crippen LogP contribution in [0.25, 0.3) is 0 Å². The lowest BCUT2D eigenvalue weighted by atomic mass is 10.0. The van der Waals surface area contributed by atoms with Gasteiger partial charge in [0.1, 0.15) is 0 Å². The van der Waals surface area contributed by atoms with Crippen LogP contribution in [0.5, 0.6) is 0 Å². The van der Waals surface area contributed by atoms with E-state index < -0.39 is 18.5 Å². The van der Waals surface area contributed by atoms with Gasteiger partial charge in [0, 0.05) is 17.7 Å². The first kappa shape index (κ1) is 24.4. The van der Waals surface area contributed by atoms with Crippen molar-refractivity contribution >= 4 is 29.3 Å². The molecule has 0 aliphatic carbocycles. The molecule has 0 unspecified atom stereocenters. The van der Waals surface area contributed by atoms with E-state index in [9.17, 15) is 19.2 Å². The van der Waals surface area contributed by atoms with E-state index in [1.165, 1.54) is 24.3 Å². The normalized spacial score (nSPS) is 10.4. The Balaban J connectivity index is 1.56. The van der Waals surface area contributed by atoms with E-state index in [4.69, 9.17) is 4.74 Å². The minimum absolute atomic E-state index is 0.156. The average Bonchev–Trinajstić information content (AvgIpc) is 2.86. The summed E-state index contributed by atoms with van der Waals surface area (Å²) in [6, 6.07) is 21.5. The fraction of sp³-hybridized carbons (Fsp3) is 0.185. The first-order valence-electron chi connectivity index (χ1n) is 10.9. The first-order valence-corrected chi connectivity index (χ1v) is 10.9. The highest BCUT2D eigenvalue weighted by molar-refractivity contribution is 6.09. The van der Waals surface area contributed by atoms with Gasteiger partial charge in [-0.05, 0) is 30.2 Å². The van der Waals surface area contributed by atoms with Crippen LogP contribution in [0.4, 0.5) is 5.69 Å². The van der Waals surface area contributed by atoms with E-state index >= 15 is 0 Å². The van der Waals surface area contributed by atoms with Gasteiger partial charge >= 0.3 is 5.97 Å². The van der Waals surface area contributed by atoms with Crippen molar-refractivity contribution in [1.29, 1.82) is 0 Å². The Bertz CT molecular complexity index is 1170. The summed E-state index contributed by atoms with van der Waals surface area (Å²) in [7, 11) is 0. The summed E-state index contributed by atoms with van der Waals surface area (Å²) in [5.74, 6) is -1.44. The molecule has 0 saturated carbocycles. The minimum atomic E-state index is -0.697. The molecule has 0 fully saturated rings. The van der Waals surface area contributed by atoms with E-state index in [0.717, 1.165) is 0 Å². The number of benzene rings is 3. The monoisotopic (exact) mass is 458 g/mol. The number of anilines is 1. The molecule has 2 amide bonds. The number of ether oxygens (including phenoxy) is 1. The molecule has 7 nitrogen and oxygen atoms in total. The highest BCUT2D eigenvalue weighted by Gasteiger charge is 2.16. The third-order valence-corrected chi connectivity index (χ3v) is 4.87. The molecule has 3 aromatic rings. The first-order chi connectivity index (χ1) is 16.3.